The summed E-state index contributed by atoms with van der Waals surface area (Å²) in [5.41, 5.74) is 1.45. The topological polar surface area (TPSA) is 99.5 Å². The van der Waals surface area contributed by atoms with E-state index in [0.717, 1.165) is 17.7 Å². The van der Waals surface area contributed by atoms with E-state index in [1.165, 1.54) is 12.1 Å². The highest BCUT2D eigenvalue weighted by Crippen LogP contribution is 2.36. The molecule has 1 aliphatic heterocycles. The van der Waals surface area contributed by atoms with Crippen LogP contribution >= 0.6 is 0 Å². The van der Waals surface area contributed by atoms with E-state index < -0.39 is 17.6 Å². The normalized spacial score (nSPS) is 15.3. The van der Waals surface area contributed by atoms with Gasteiger partial charge in [-0.05, 0) is 42.8 Å². The molecule has 3 N–H and O–H groups in total. The Balaban J connectivity index is 1.41. The zero-order valence-electron chi connectivity index (χ0n) is 20.9. The number of anilines is 2. The van der Waals surface area contributed by atoms with Crippen LogP contribution in [0, 0.1) is 6.92 Å². The molecule has 0 spiro atoms. The smallest absolute Gasteiger partial charge is 0.416 e. The maximum absolute atomic E-state index is 13.4. The monoisotopic (exact) mass is 526 g/mol. The number of carbonyl (C=O) groups is 1. The maximum Gasteiger partial charge on any atom is 0.416 e. The lowest BCUT2D eigenvalue weighted by molar-refractivity contribution is -0.137. The van der Waals surface area contributed by atoms with Gasteiger partial charge < -0.3 is 20.5 Å². The Kier molecular flexibility index (Phi) is 8.47. The van der Waals surface area contributed by atoms with Crippen molar-refractivity contribution in [2.24, 2.45) is 15.9 Å². The highest BCUT2D eigenvalue weighted by atomic mass is 19.4. The van der Waals surface area contributed by atoms with Crippen LogP contribution in [0.25, 0.3) is 0 Å². The van der Waals surface area contributed by atoms with Crippen molar-refractivity contribution in [1.29, 1.82) is 0 Å². The van der Waals surface area contributed by atoms with Gasteiger partial charge in [0.1, 0.15) is 5.76 Å². The van der Waals surface area contributed by atoms with E-state index in [1.54, 1.807) is 19.2 Å². The van der Waals surface area contributed by atoms with E-state index in [1.807, 2.05) is 35.2 Å². The summed E-state index contributed by atoms with van der Waals surface area (Å²) in [6.07, 6.45) is -2.88. The van der Waals surface area contributed by atoms with Gasteiger partial charge in [-0.25, -0.2) is 0 Å². The molecule has 0 bridgehead atoms. The number of aliphatic imine (C=N–C) groups is 1. The van der Waals surface area contributed by atoms with Crippen molar-refractivity contribution >= 4 is 29.2 Å². The summed E-state index contributed by atoms with van der Waals surface area (Å²) in [6, 6.07) is 16.3. The molecular weight excluding hydrogens is 497 g/mol. The molecular formula is C27H29F3N6O2. The molecule has 2 heterocycles. The van der Waals surface area contributed by atoms with Crippen molar-refractivity contribution in [3.63, 3.8) is 0 Å². The minimum Gasteiger partial charge on any atom is -0.456 e. The Bertz CT molecular complexity index is 1300. The summed E-state index contributed by atoms with van der Waals surface area (Å²) >= 11 is 0. The summed E-state index contributed by atoms with van der Waals surface area (Å²) in [5, 5.41) is 6.45. The average Bonchev–Trinajstić information content (AvgIpc) is 3.35. The molecule has 200 valence electrons. The number of piperazine rings is 1. The van der Waals surface area contributed by atoms with Crippen molar-refractivity contribution in [2.75, 3.05) is 42.9 Å². The number of carbonyl (C=O) groups excluding carboxylic acids is 1. The largest absolute Gasteiger partial charge is 0.456 e. The molecule has 0 atom stereocenters. The maximum atomic E-state index is 13.4. The number of aryl methyl sites for hydroxylation is 1. The first-order valence-corrected chi connectivity index (χ1v) is 12.1. The number of hydrogen-bond acceptors (Lipinski definition) is 7. The number of nitrogens with zero attached hydrogens (tertiary/aromatic N) is 4. The number of nitrogens with one attached hydrogen (secondary N) is 1. The Labute approximate surface area is 218 Å². The number of rotatable bonds is 8. The molecule has 1 aliphatic rings. The van der Waals surface area contributed by atoms with Crippen molar-refractivity contribution in [1.82, 2.24) is 4.90 Å². The van der Waals surface area contributed by atoms with Gasteiger partial charge in [0.2, 0.25) is 0 Å². The summed E-state index contributed by atoms with van der Waals surface area (Å²) in [4.78, 5) is 21.2. The Morgan fingerprint density at radius 1 is 1.08 bits per heavy atom. The van der Waals surface area contributed by atoms with Crippen LogP contribution in [0.5, 0.6) is 0 Å². The fraction of sp³-hybridized carbons (Fsp3) is 0.296. The minimum absolute atomic E-state index is 0.0261. The molecule has 11 heteroatoms. The predicted molar refractivity (Wildman–Crippen MR) is 142 cm³/mol. The van der Waals surface area contributed by atoms with Crippen molar-refractivity contribution in [2.45, 2.75) is 19.6 Å². The molecule has 8 nitrogen and oxygen atoms in total. The number of nitrogens with two attached hydrogens (primary N) is 1. The molecule has 1 amide bonds. The third kappa shape index (κ3) is 7.00. The number of alkyl halides is 3. The standard InChI is InChI=1S/C27H29F3N6O2/c1-19-7-10-25(38-19)26(37)33-23-15-21(27(28,29)30)8-9-24(23)36-13-11-35(12-14-36)18-22(34-31)17-32-16-20-5-3-2-4-6-20/h2-10,15,17H,11-14,16,18,31H2,1H3,(H,33,37). The minimum atomic E-state index is -4.54. The van der Waals surface area contributed by atoms with Crippen LogP contribution in [0.4, 0.5) is 24.5 Å². The predicted octanol–water partition coefficient (Wildman–Crippen LogP) is 4.57. The lowest BCUT2D eigenvalue weighted by atomic mass is 10.1. The van der Waals surface area contributed by atoms with Crippen molar-refractivity contribution in [3.05, 3.63) is 83.3 Å². The van der Waals surface area contributed by atoms with Gasteiger partial charge in [-0.2, -0.15) is 18.3 Å². The van der Waals surface area contributed by atoms with E-state index in [9.17, 15) is 18.0 Å². The fourth-order valence-electron chi connectivity index (χ4n) is 4.16. The van der Waals surface area contributed by atoms with E-state index in [4.69, 9.17) is 10.3 Å². The third-order valence-electron chi connectivity index (χ3n) is 6.16. The van der Waals surface area contributed by atoms with Crippen LogP contribution < -0.4 is 16.1 Å². The number of benzene rings is 2. The van der Waals surface area contributed by atoms with Gasteiger partial charge in [0.05, 0.1) is 29.2 Å². The van der Waals surface area contributed by atoms with Crippen LogP contribution in [0.2, 0.25) is 0 Å². The van der Waals surface area contributed by atoms with Crippen LogP contribution in [0.15, 0.2) is 75.2 Å². The zero-order chi connectivity index (χ0) is 27.1. The molecule has 1 fully saturated rings. The molecule has 1 saturated heterocycles. The van der Waals surface area contributed by atoms with Crippen LogP contribution in [-0.2, 0) is 12.7 Å². The molecule has 0 radical (unpaired) electrons. The van der Waals surface area contributed by atoms with E-state index in [2.05, 4.69) is 20.3 Å². The first-order valence-electron chi connectivity index (χ1n) is 12.1. The Hall–Kier alpha value is -4.12. The van der Waals surface area contributed by atoms with Crippen LogP contribution in [0.3, 0.4) is 0 Å². The van der Waals surface area contributed by atoms with Gasteiger partial charge in [-0.3, -0.25) is 14.7 Å². The Morgan fingerprint density at radius 2 is 1.82 bits per heavy atom. The SMILES string of the molecule is Cc1ccc(C(=O)Nc2cc(C(F)(F)F)ccc2N2CCN(CC(C=NCc3ccccc3)=NN)CC2)o1. The molecule has 0 saturated carbocycles. The van der Waals surface area contributed by atoms with E-state index in [0.29, 0.717) is 56.4 Å². The van der Waals surface area contributed by atoms with Gasteiger partial charge in [-0.15, -0.1) is 0 Å². The summed E-state index contributed by atoms with van der Waals surface area (Å²) in [6.45, 7) is 5.02. The van der Waals surface area contributed by atoms with E-state index in [-0.39, 0.29) is 11.4 Å². The van der Waals surface area contributed by atoms with Gasteiger partial charge in [0, 0.05) is 38.9 Å². The molecule has 2 aromatic carbocycles. The number of hydrogen-bond donors (Lipinski definition) is 2. The summed E-state index contributed by atoms with van der Waals surface area (Å²) < 4.78 is 45.6. The van der Waals surface area contributed by atoms with Gasteiger partial charge in [0.25, 0.3) is 5.91 Å². The average molecular weight is 527 g/mol. The lowest BCUT2D eigenvalue weighted by Gasteiger charge is -2.37. The molecule has 4 rings (SSSR count). The second-order valence-corrected chi connectivity index (χ2v) is 8.93. The van der Waals surface area contributed by atoms with Crippen molar-refractivity contribution < 1.29 is 22.4 Å². The second kappa shape index (κ2) is 12.0. The van der Waals surface area contributed by atoms with Gasteiger partial charge in [-0.1, -0.05) is 30.3 Å². The third-order valence-corrected chi connectivity index (χ3v) is 6.16. The number of furan rings is 1. The number of amides is 1. The summed E-state index contributed by atoms with van der Waals surface area (Å²) in [5.74, 6) is 5.51. The van der Waals surface area contributed by atoms with Crippen molar-refractivity contribution in [3.8, 4) is 0 Å². The van der Waals surface area contributed by atoms with Crippen LogP contribution in [0.1, 0.15) is 27.4 Å². The molecule has 0 aliphatic carbocycles. The first kappa shape index (κ1) is 26.9. The van der Waals surface area contributed by atoms with Gasteiger partial charge >= 0.3 is 6.18 Å². The zero-order valence-corrected chi connectivity index (χ0v) is 20.9. The fourth-order valence-corrected chi connectivity index (χ4v) is 4.16. The van der Waals surface area contributed by atoms with Crippen LogP contribution in [-0.4, -0.2) is 55.5 Å². The number of halogens is 3. The second-order valence-electron chi connectivity index (χ2n) is 8.93. The summed E-state index contributed by atoms with van der Waals surface area (Å²) in [7, 11) is 0. The molecule has 1 aromatic heterocycles. The number of hydrazone groups is 1. The molecule has 38 heavy (non-hydrogen) atoms. The molecule has 0 unspecified atom stereocenters. The highest BCUT2D eigenvalue weighted by Gasteiger charge is 2.32. The lowest BCUT2D eigenvalue weighted by Crippen LogP contribution is -2.48. The quantitative estimate of drug-likeness (QED) is 0.255. The highest BCUT2D eigenvalue weighted by molar-refractivity contribution is 6.31. The van der Waals surface area contributed by atoms with Gasteiger partial charge in [0.15, 0.2) is 5.76 Å². The molecule has 3 aromatic rings. The first-order chi connectivity index (χ1) is 18.2. The van der Waals surface area contributed by atoms with E-state index >= 15 is 0 Å². The Morgan fingerprint density at radius 3 is 2.45 bits per heavy atom.